The van der Waals surface area contributed by atoms with E-state index in [4.69, 9.17) is 4.74 Å². The normalized spacial score (nSPS) is 13.6. The number of carbonyl (C=O) groups is 2. The molecular formula is C24H32N4O5. The van der Waals surface area contributed by atoms with Gasteiger partial charge < -0.3 is 25.5 Å². The van der Waals surface area contributed by atoms with Crippen LogP contribution in [0, 0.1) is 13.8 Å². The van der Waals surface area contributed by atoms with Crippen molar-refractivity contribution in [2.45, 2.75) is 58.4 Å². The molecule has 3 heterocycles. The maximum absolute atomic E-state index is 12.6. The Kier molecular flexibility index (Phi) is 8.59. The summed E-state index contributed by atoms with van der Waals surface area (Å²) in [6.07, 6.45) is 5.00. The number of aryl methyl sites for hydroxylation is 4. The number of hydrogen-bond acceptors (Lipinski definition) is 6. The van der Waals surface area contributed by atoms with Gasteiger partial charge in [-0.1, -0.05) is 6.07 Å². The van der Waals surface area contributed by atoms with Gasteiger partial charge in [-0.3, -0.25) is 9.59 Å². The van der Waals surface area contributed by atoms with Gasteiger partial charge in [-0.2, -0.15) is 0 Å². The summed E-state index contributed by atoms with van der Waals surface area (Å²) in [5, 5.41) is 15.3. The van der Waals surface area contributed by atoms with Crippen LogP contribution < -0.4 is 16.2 Å². The van der Waals surface area contributed by atoms with Crippen molar-refractivity contribution < 1.29 is 19.4 Å². The summed E-state index contributed by atoms with van der Waals surface area (Å²) >= 11 is 0. The van der Waals surface area contributed by atoms with Gasteiger partial charge in [0.2, 0.25) is 5.56 Å². The Bertz CT molecular complexity index is 1020. The van der Waals surface area contributed by atoms with Crippen LogP contribution in [-0.2, 0) is 22.4 Å². The summed E-state index contributed by atoms with van der Waals surface area (Å²) < 4.78 is 5.60. The minimum atomic E-state index is -1.13. The van der Waals surface area contributed by atoms with E-state index >= 15 is 0 Å². The fraction of sp³-hybridized carbons (Fsp3) is 0.500. The number of ether oxygens (including phenoxy) is 1. The van der Waals surface area contributed by atoms with E-state index in [1.165, 1.54) is 11.6 Å². The minimum absolute atomic E-state index is 0.153. The molecule has 0 saturated carbocycles. The van der Waals surface area contributed by atoms with Crippen molar-refractivity contribution >= 4 is 17.7 Å². The van der Waals surface area contributed by atoms with Crippen LogP contribution in [0.1, 0.15) is 58.6 Å². The number of hydrogen-bond donors (Lipinski definition) is 4. The molecule has 0 aliphatic carbocycles. The van der Waals surface area contributed by atoms with Crippen LogP contribution in [0.25, 0.3) is 0 Å². The van der Waals surface area contributed by atoms with E-state index in [-0.39, 0.29) is 24.2 Å². The molecule has 0 bridgehead atoms. The Morgan fingerprint density at radius 2 is 2.06 bits per heavy atom. The second kappa shape index (κ2) is 11.6. The van der Waals surface area contributed by atoms with Crippen LogP contribution in [0.5, 0.6) is 0 Å². The fourth-order valence-corrected chi connectivity index (χ4v) is 4.01. The predicted octanol–water partition coefficient (Wildman–Crippen LogP) is 2.36. The highest BCUT2D eigenvalue weighted by molar-refractivity contribution is 5.98. The second-order valence-corrected chi connectivity index (χ2v) is 8.38. The number of aliphatic carboxylic acids is 1. The number of carboxylic acids is 1. The number of nitrogens with one attached hydrogen (secondary N) is 3. The van der Waals surface area contributed by atoms with Crippen molar-refractivity contribution in [1.29, 1.82) is 0 Å². The largest absolute Gasteiger partial charge is 0.480 e. The number of unbranched alkanes of at least 4 members (excludes halogenated alkanes) is 1. The zero-order chi connectivity index (χ0) is 23.8. The van der Waals surface area contributed by atoms with Gasteiger partial charge in [-0.05, 0) is 63.1 Å². The number of fused-ring (bicyclic) bond motifs is 1. The van der Waals surface area contributed by atoms with Crippen LogP contribution in [0.15, 0.2) is 23.0 Å². The monoisotopic (exact) mass is 456 g/mol. The lowest BCUT2D eigenvalue weighted by molar-refractivity contribution is -0.139. The first-order valence-corrected chi connectivity index (χ1v) is 11.4. The smallest absolute Gasteiger partial charge is 0.326 e. The van der Waals surface area contributed by atoms with Crippen molar-refractivity contribution in [3.63, 3.8) is 0 Å². The molecule has 0 aromatic carbocycles. The highest BCUT2D eigenvalue weighted by Crippen LogP contribution is 2.20. The maximum atomic E-state index is 12.6. The summed E-state index contributed by atoms with van der Waals surface area (Å²) in [7, 11) is 0. The van der Waals surface area contributed by atoms with E-state index in [0.29, 0.717) is 17.9 Å². The van der Waals surface area contributed by atoms with Crippen molar-refractivity contribution in [2.75, 3.05) is 25.1 Å². The van der Waals surface area contributed by atoms with Gasteiger partial charge in [0.15, 0.2) is 0 Å². The quantitative estimate of drug-likeness (QED) is 0.381. The number of amides is 1. The summed E-state index contributed by atoms with van der Waals surface area (Å²) in [5.41, 5.74) is 3.22. The lowest BCUT2D eigenvalue weighted by atomic mass is 10.1. The van der Waals surface area contributed by atoms with Crippen LogP contribution in [0.4, 0.5) is 5.82 Å². The standard InChI is InChI=1S/C24H32N4O5/c1-15-14-20(29)26-16(2)21(15)23(30)28-19(24(31)32)10-13-33-12-4-3-7-18-9-8-17-6-5-11-25-22(17)27-18/h8-9,14,19H,3-7,10-13H2,1-2H3,(H,25,27)(H,26,29)(H,28,30)(H,31,32)/t19-/m0/s1. The van der Waals surface area contributed by atoms with Crippen LogP contribution >= 0.6 is 0 Å². The minimum Gasteiger partial charge on any atom is -0.480 e. The Labute approximate surface area is 193 Å². The number of aromatic amines is 1. The molecule has 4 N–H and O–H groups in total. The molecule has 1 aliphatic rings. The Morgan fingerprint density at radius 1 is 1.24 bits per heavy atom. The number of aromatic nitrogens is 2. The molecule has 3 rings (SSSR count). The van der Waals surface area contributed by atoms with Gasteiger partial charge in [0.25, 0.3) is 5.91 Å². The molecule has 9 nitrogen and oxygen atoms in total. The van der Waals surface area contributed by atoms with Crippen LogP contribution in [-0.4, -0.2) is 52.8 Å². The zero-order valence-corrected chi connectivity index (χ0v) is 19.2. The molecule has 2 aromatic rings. The van der Waals surface area contributed by atoms with E-state index in [1.54, 1.807) is 13.8 Å². The molecule has 2 aromatic heterocycles. The predicted molar refractivity (Wildman–Crippen MR) is 125 cm³/mol. The number of anilines is 1. The highest BCUT2D eigenvalue weighted by atomic mass is 16.5. The fourth-order valence-electron chi connectivity index (χ4n) is 4.01. The maximum Gasteiger partial charge on any atom is 0.326 e. The van der Waals surface area contributed by atoms with Gasteiger partial charge in [0, 0.05) is 43.6 Å². The van der Waals surface area contributed by atoms with Crippen molar-refractivity contribution in [1.82, 2.24) is 15.3 Å². The SMILES string of the molecule is Cc1cc(=O)[nH]c(C)c1C(=O)N[C@@H](CCOCCCCc1ccc2c(n1)NCCC2)C(=O)O. The average Bonchev–Trinajstić information content (AvgIpc) is 2.76. The zero-order valence-electron chi connectivity index (χ0n) is 19.2. The molecule has 178 valence electrons. The number of carboxylic acid groups (broad SMARTS) is 1. The third-order valence-corrected chi connectivity index (χ3v) is 5.73. The Balaban J connectivity index is 1.38. The van der Waals surface area contributed by atoms with Gasteiger partial charge in [-0.15, -0.1) is 0 Å². The van der Waals surface area contributed by atoms with Crippen LogP contribution in [0.3, 0.4) is 0 Å². The van der Waals surface area contributed by atoms with Crippen molar-refractivity contribution in [3.8, 4) is 0 Å². The first-order chi connectivity index (χ1) is 15.8. The van der Waals surface area contributed by atoms with Crippen LogP contribution in [0.2, 0.25) is 0 Å². The first kappa shape index (κ1) is 24.4. The van der Waals surface area contributed by atoms with Gasteiger partial charge >= 0.3 is 5.97 Å². The van der Waals surface area contributed by atoms with E-state index in [0.717, 1.165) is 50.2 Å². The van der Waals surface area contributed by atoms with Gasteiger partial charge in [0.05, 0.1) is 5.56 Å². The van der Waals surface area contributed by atoms with E-state index < -0.39 is 17.9 Å². The number of rotatable bonds is 11. The van der Waals surface area contributed by atoms with Crippen molar-refractivity contribution in [2.24, 2.45) is 0 Å². The number of pyridine rings is 2. The molecule has 0 radical (unpaired) electrons. The summed E-state index contributed by atoms with van der Waals surface area (Å²) in [4.78, 5) is 42.9. The Morgan fingerprint density at radius 3 is 2.82 bits per heavy atom. The molecule has 1 aliphatic heterocycles. The summed E-state index contributed by atoms with van der Waals surface area (Å²) in [6.45, 7) is 4.97. The summed E-state index contributed by atoms with van der Waals surface area (Å²) in [6, 6.07) is 4.47. The molecule has 0 fully saturated rings. The average molecular weight is 457 g/mol. The molecule has 1 amide bonds. The van der Waals surface area contributed by atoms with E-state index in [9.17, 15) is 19.5 Å². The molecule has 0 saturated heterocycles. The number of carbonyl (C=O) groups excluding carboxylic acids is 1. The molecular weight excluding hydrogens is 424 g/mol. The number of H-pyrrole nitrogens is 1. The third-order valence-electron chi connectivity index (χ3n) is 5.73. The summed E-state index contributed by atoms with van der Waals surface area (Å²) in [5.74, 6) is -0.650. The van der Waals surface area contributed by atoms with Crippen molar-refractivity contribution in [3.05, 3.63) is 56.6 Å². The van der Waals surface area contributed by atoms with Gasteiger partial charge in [0.1, 0.15) is 11.9 Å². The molecule has 1 atom stereocenters. The van der Waals surface area contributed by atoms with Gasteiger partial charge in [-0.25, -0.2) is 9.78 Å². The molecule has 0 spiro atoms. The molecule has 9 heteroatoms. The second-order valence-electron chi connectivity index (χ2n) is 8.38. The van der Waals surface area contributed by atoms with E-state index in [1.807, 2.05) is 0 Å². The van der Waals surface area contributed by atoms with E-state index in [2.05, 4.69) is 32.7 Å². The topological polar surface area (TPSA) is 133 Å². The lowest BCUT2D eigenvalue weighted by Gasteiger charge is -2.17. The first-order valence-electron chi connectivity index (χ1n) is 11.4. The molecule has 33 heavy (non-hydrogen) atoms. The molecule has 0 unspecified atom stereocenters. The number of nitrogens with zero attached hydrogens (tertiary/aromatic N) is 1. The third kappa shape index (κ3) is 6.89. The lowest BCUT2D eigenvalue weighted by Crippen LogP contribution is -2.42. The Hall–Kier alpha value is -3.20. The highest BCUT2D eigenvalue weighted by Gasteiger charge is 2.22.